The van der Waals surface area contributed by atoms with Crippen molar-refractivity contribution in [1.82, 2.24) is 20.4 Å². The minimum atomic E-state index is -0.916. The maximum absolute atomic E-state index is 12.5. The Morgan fingerprint density at radius 2 is 1.89 bits per heavy atom. The third-order valence-corrected chi connectivity index (χ3v) is 6.10. The highest BCUT2D eigenvalue weighted by atomic mass is 35.5. The summed E-state index contributed by atoms with van der Waals surface area (Å²) >= 11 is 6.31. The second-order valence-corrected chi connectivity index (χ2v) is 8.12. The lowest BCUT2D eigenvalue weighted by Gasteiger charge is -2.38. The van der Waals surface area contributed by atoms with E-state index in [4.69, 9.17) is 11.6 Å². The van der Waals surface area contributed by atoms with Crippen LogP contribution in [0, 0.1) is 0 Å². The molecule has 2 aliphatic rings. The van der Waals surface area contributed by atoms with Gasteiger partial charge in [0, 0.05) is 43.7 Å². The normalized spacial score (nSPS) is 24.0. The molecular weight excluding hydrogens is 380 g/mol. The zero-order valence-electron chi connectivity index (χ0n) is 16.3. The van der Waals surface area contributed by atoms with Crippen LogP contribution in [-0.4, -0.2) is 59.4 Å². The summed E-state index contributed by atoms with van der Waals surface area (Å²) in [6.45, 7) is 6.79. The van der Waals surface area contributed by atoms with Gasteiger partial charge < -0.3 is 10.2 Å². The molecule has 0 aromatic heterocycles. The number of piperazine rings is 1. The van der Waals surface area contributed by atoms with E-state index < -0.39 is 11.6 Å². The fourth-order valence-corrected chi connectivity index (χ4v) is 4.17. The van der Waals surface area contributed by atoms with Crippen LogP contribution in [0.3, 0.4) is 0 Å². The monoisotopic (exact) mass is 406 g/mol. The average Bonchev–Trinajstić information content (AvgIpc) is 2.93. The second kappa shape index (κ2) is 8.49. The molecule has 0 radical (unpaired) electrons. The fraction of sp³-hybridized carbons (Fsp3) is 0.550. The van der Waals surface area contributed by atoms with E-state index in [2.05, 4.69) is 22.5 Å². The SMILES string of the molecule is C[C@@H](c1ccccc1Cl)N1CCN(C(=O)CCC[C@]2(C)NC(=O)NC2=O)CC1. The van der Waals surface area contributed by atoms with Crippen LogP contribution >= 0.6 is 11.6 Å². The Morgan fingerprint density at radius 1 is 1.21 bits per heavy atom. The highest BCUT2D eigenvalue weighted by molar-refractivity contribution is 6.31. The summed E-state index contributed by atoms with van der Waals surface area (Å²) < 4.78 is 0. The molecule has 0 bridgehead atoms. The molecule has 2 saturated heterocycles. The standard InChI is InChI=1S/C20H27ClN4O3/c1-14(15-6-3-4-7-16(15)21)24-10-12-25(13-11-24)17(26)8-5-9-20(2)18(27)22-19(28)23-20/h3-4,6-7,14H,5,8-13H2,1-2H3,(H2,22,23,27,28)/t14-,20-/m0/s1. The van der Waals surface area contributed by atoms with Crippen molar-refractivity contribution in [2.45, 2.75) is 44.7 Å². The minimum Gasteiger partial charge on any atom is -0.340 e. The number of urea groups is 1. The molecule has 2 heterocycles. The number of halogens is 1. The third kappa shape index (κ3) is 4.47. The number of amides is 4. The van der Waals surface area contributed by atoms with E-state index in [0.717, 1.165) is 23.7 Å². The molecule has 0 unspecified atom stereocenters. The van der Waals surface area contributed by atoms with Gasteiger partial charge in [-0.2, -0.15) is 0 Å². The van der Waals surface area contributed by atoms with Gasteiger partial charge in [0.05, 0.1) is 0 Å². The molecule has 2 aliphatic heterocycles. The van der Waals surface area contributed by atoms with Gasteiger partial charge in [0.1, 0.15) is 5.54 Å². The van der Waals surface area contributed by atoms with Gasteiger partial charge in [-0.05, 0) is 38.3 Å². The number of hydrogen-bond acceptors (Lipinski definition) is 4. The Balaban J connectivity index is 1.44. The number of carbonyl (C=O) groups excluding carboxylic acids is 3. The molecule has 28 heavy (non-hydrogen) atoms. The zero-order valence-corrected chi connectivity index (χ0v) is 17.1. The number of imide groups is 1. The van der Waals surface area contributed by atoms with E-state index in [-0.39, 0.29) is 17.9 Å². The zero-order chi connectivity index (χ0) is 20.3. The first-order valence-electron chi connectivity index (χ1n) is 9.70. The first-order chi connectivity index (χ1) is 13.3. The first-order valence-corrected chi connectivity index (χ1v) is 10.1. The van der Waals surface area contributed by atoms with Gasteiger partial charge in [-0.1, -0.05) is 29.8 Å². The average molecular weight is 407 g/mol. The molecule has 0 saturated carbocycles. The molecule has 2 fully saturated rings. The summed E-state index contributed by atoms with van der Waals surface area (Å²) in [7, 11) is 0. The Morgan fingerprint density at radius 3 is 2.50 bits per heavy atom. The Bertz CT molecular complexity index is 764. The van der Waals surface area contributed by atoms with Crippen LogP contribution in [-0.2, 0) is 9.59 Å². The van der Waals surface area contributed by atoms with E-state index >= 15 is 0 Å². The molecule has 8 heteroatoms. The lowest BCUT2D eigenvalue weighted by molar-refractivity contribution is -0.133. The largest absolute Gasteiger partial charge is 0.340 e. The van der Waals surface area contributed by atoms with Crippen molar-refractivity contribution in [2.75, 3.05) is 26.2 Å². The van der Waals surface area contributed by atoms with E-state index in [1.807, 2.05) is 29.2 Å². The number of rotatable bonds is 6. The van der Waals surface area contributed by atoms with Gasteiger partial charge in [0.2, 0.25) is 5.91 Å². The van der Waals surface area contributed by atoms with E-state index in [0.29, 0.717) is 32.4 Å². The summed E-state index contributed by atoms with van der Waals surface area (Å²) in [5.74, 6) is -0.231. The molecule has 2 N–H and O–H groups in total. The molecular formula is C20H27ClN4O3. The van der Waals surface area contributed by atoms with Crippen LogP contribution < -0.4 is 10.6 Å². The van der Waals surface area contributed by atoms with Crippen LogP contribution in [0.15, 0.2) is 24.3 Å². The smallest absolute Gasteiger partial charge is 0.322 e. The molecule has 4 amide bonds. The van der Waals surface area contributed by atoms with Crippen LogP contribution in [0.5, 0.6) is 0 Å². The molecule has 3 rings (SSSR count). The first kappa shape index (κ1) is 20.6. The summed E-state index contributed by atoms with van der Waals surface area (Å²) in [5.41, 5.74) is 0.189. The number of benzene rings is 1. The maximum Gasteiger partial charge on any atom is 0.322 e. The Hall–Kier alpha value is -2.12. The van der Waals surface area contributed by atoms with E-state index in [9.17, 15) is 14.4 Å². The van der Waals surface area contributed by atoms with Crippen molar-refractivity contribution in [3.05, 3.63) is 34.9 Å². The van der Waals surface area contributed by atoms with Crippen molar-refractivity contribution in [3.8, 4) is 0 Å². The highest BCUT2D eigenvalue weighted by Crippen LogP contribution is 2.28. The van der Waals surface area contributed by atoms with Crippen LogP contribution in [0.25, 0.3) is 0 Å². The van der Waals surface area contributed by atoms with Gasteiger partial charge in [0.15, 0.2) is 0 Å². The van der Waals surface area contributed by atoms with Gasteiger partial charge >= 0.3 is 6.03 Å². The molecule has 7 nitrogen and oxygen atoms in total. The van der Waals surface area contributed by atoms with Crippen molar-refractivity contribution < 1.29 is 14.4 Å². The molecule has 2 atom stereocenters. The maximum atomic E-state index is 12.5. The van der Waals surface area contributed by atoms with Crippen LogP contribution in [0.2, 0.25) is 5.02 Å². The predicted octanol–water partition coefficient (Wildman–Crippen LogP) is 2.31. The summed E-state index contributed by atoms with van der Waals surface area (Å²) in [6.07, 6.45) is 1.37. The van der Waals surface area contributed by atoms with Gasteiger partial charge in [-0.3, -0.25) is 19.8 Å². The topological polar surface area (TPSA) is 81.8 Å². The lowest BCUT2D eigenvalue weighted by atomic mass is 9.95. The van der Waals surface area contributed by atoms with Crippen molar-refractivity contribution >= 4 is 29.4 Å². The van der Waals surface area contributed by atoms with Crippen LogP contribution in [0.4, 0.5) is 4.79 Å². The number of nitrogens with zero attached hydrogens (tertiary/aromatic N) is 2. The lowest BCUT2D eigenvalue weighted by Crippen LogP contribution is -2.49. The summed E-state index contributed by atoms with van der Waals surface area (Å²) in [4.78, 5) is 39.9. The van der Waals surface area contributed by atoms with Crippen molar-refractivity contribution in [3.63, 3.8) is 0 Å². The summed E-state index contributed by atoms with van der Waals surface area (Å²) in [6, 6.07) is 7.60. The van der Waals surface area contributed by atoms with Crippen molar-refractivity contribution in [1.29, 1.82) is 0 Å². The molecule has 0 spiro atoms. The third-order valence-electron chi connectivity index (χ3n) is 5.76. The Labute approximate surface area is 170 Å². The molecule has 0 aliphatic carbocycles. The van der Waals surface area contributed by atoms with Gasteiger partial charge in [0.25, 0.3) is 5.91 Å². The number of nitrogens with one attached hydrogen (secondary N) is 2. The minimum absolute atomic E-state index is 0.0957. The van der Waals surface area contributed by atoms with Gasteiger partial charge in [-0.25, -0.2) is 4.79 Å². The summed E-state index contributed by atoms with van der Waals surface area (Å²) in [5, 5.41) is 5.64. The number of carbonyl (C=O) groups is 3. The second-order valence-electron chi connectivity index (χ2n) is 7.71. The fourth-order valence-electron chi connectivity index (χ4n) is 3.88. The van der Waals surface area contributed by atoms with E-state index in [1.54, 1.807) is 6.92 Å². The number of hydrogen-bond donors (Lipinski definition) is 2. The quantitative estimate of drug-likeness (QED) is 0.710. The Kier molecular flexibility index (Phi) is 6.25. The predicted molar refractivity (Wildman–Crippen MR) is 107 cm³/mol. The van der Waals surface area contributed by atoms with E-state index in [1.165, 1.54) is 0 Å². The highest BCUT2D eigenvalue weighted by Gasteiger charge is 2.41. The van der Waals surface area contributed by atoms with Gasteiger partial charge in [-0.15, -0.1) is 0 Å². The molecule has 152 valence electrons. The van der Waals surface area contributed by atoms with Crippen molar-refractivity contribution in [2.24, 2.45) is 0 Å². The molecule has 1 aromatic carbocycles. The molecule has 1 aromatic rings. The van der Waals surface area contributed by atoms with Crippen LogP contribution in [0.1, 0.15) is 44.7 Å².